The van der Waals surface area contributed by atoms with E-state index in [1.807, 2.05) is 24.3 Å². The zero-order valence-corrected chi connectivity index (χ0v) is 7.74. The molecule has 2 heteroatoms. The molecule has 2 nitrogen and oxygen atoms in total. The van der Waals surface area contributed by atoms with Gasteiger partial charge in [0.25, 0.3) is 0 Å². The Hall–Kier alpha value is -1.57. The summed E-state index contributed by atoms with van der Waals surface area (Å²) < 4.78 is 5.24. The van der Waals surface area contributed by atoms with E-state index in [9.17, 15) is 0 Å². The van der Waals surface area contributed by atoms with E-state index < -0.39 is 0 Å². The Balaban J connectivity index is 2.84. The normalized spacial score (nSPS) is 10.3. The minimum atomic E-state index is 0.883. The summed E-state index contributed by atoms with van der Waals surface area (Å²) in [5.41, 5.74) is 2.19. The minimum absolute atomic E-state index is 0.883. The maximum absolute atomic E-state index is 5.24. The summed E-state index contributed by atoms with van der Waals surface area (Å²) in [4.78, 5) is 4.31. The van der Waals surface area contributed by atoms with Crippen molar-refractivity contribution < 1.29 is 4.74 Å². The van der Waals surface area contributed by atoms with Crippen molar-refractivity contribution in [2.24, 2.45) is 0 Å². The average Bonchev–Trinajstić information content (AvgIpc) is 2.19. The van der Waals surface area contributed by atoms with E-state index in [1.165, 1.54) is 5.56 Å². The van der Waals surface area contributed by atoms with Gasteiger partial charge in [-0.05, 0) is 30.7 Å². The lowest BCUT2D eigenvalue weighted by molar-refractivity contribution is 0.419. The Morgan fingerprint density at radius 1 is 1.23 bits per heavy atom. The Bertz CT molecular complexity index is 437. The number of nitrogens with zero attached hydrogens (tertiary/aromatic N) is 1. The highest BCUT2D eigenvalue weighted by molar-refractivity contribution is 5.87. The zero-order valence-electron chi connectivity index (χ0n) is 7.74. The Labute approximate surface area is 77.2 Å². The predicted octanol–water partition coefficient (Wildman–Crippen LogP) is 2.55. The van der Waals surface area contributed by atoms with E-state index in [2.05, 4.69) is 11.9 Å². The van der Waals surface area contributed by atoms with Crippen molar-refractivity contribution in [3.05, 3.63) is 36.0 Å². The highest BCUT2D eigenvalue weighted by Gasteiger charge is 2.02. The fourth-order valence-electron chi connectivity index (χ4n) is 1.47. The van der Waals surface area contributed by atoms with Crippen LogP contribution >= 0.6 is 0 Å². The summed E-state index contributed by atoms with van der Waals surface area (Å²) in [6.45, 7) is 2.05. The molecule has 0 radical (unpaired) electrons. The second-order valence-corrected chi connectivity index (χ2v) is 2.98. The summed E-state index contributed by atoms with van der Waals surface area (Å²) >= 11 is 0. The van der Waals surface area contributed by atoms with Crippen molar-refractivity contribution in [3.63, 3.8) is 0 Å². The van der Waals surface area contributed by atoms with Crippen molar-refractivity contribution in [1.82, 2.24) is 4.98 Å². The van der Waals surface area contributed by atoms with E-state index >= 15 is 0 Å². The van der Waals surface area contributed by atoms with Crippen LogP contribution in [-0.4, -0.2) is 12.1 Å². The molecule has 0 saturated carbocycles. The lowest BCUT2D eigenvalue weighted by Gasteiger charge is -2.05. The molecule has 0 amide bonds. The molecule has 0 aliphatic rings. The van der Waals surface area contributed by atoms with Crippen molar-refractivity contribution in [1.29, 1.82) is 0 Å². The molecule has 1 aromatic carbocycles. The SMILES string of the molecule is COc1ccc(C)c2ncccc12. The molecular formula is C11H11NO. The summed E-state index contributed by atoms with van der Waals surface area (Å²) in [6.07, 6.45) is 1.80. The van der Waals surface area contributed by atoms with Gasteiger partial charge in [-0.1, -0.05) is 6.07 Å². The number of pyridine rings is 1. The standard InChI is InChI=1S/C11H11NO/c1-8-5-6-10(13-2)9-4-3-7-12-11(8)9/h3-7H,1-2H3. The van der Waals surface area contributed by atoms with Gasteiger partial charge in [-0.25, -0.2) is 0 Å². The van der Waals surface area contributed by atoms with Crippen LogP contribution in [0.3, 0.4) is 0 Å². The molecule has 2 rings (SSSR count). The number of ether oxygens (including phenoxy) is 1. The molecule has 2 aromatic rings. The van der Waals surface area contributed by atoms with Gasteiger partial charge in [-0.15, -0.1) is 0 Å². The fourth-order valence-corrected chi connectivity index (χ4v) is 1.47. The summed E-state index contributed by atoms with van der Waals surface area (Å²) in [5, 5.41) is 1.07. The molecule has 13 heavy (non-hydrogen) atoms. The van der Waals surface area contributed by atoms with E-state index in [0.717, 1.165) is 16.7 Å². The minimum Gasteiger partial charge on any atom is -0.496 e. The predicted molar refractivity (Wildman–Crippen MR) is 53.0 cm³/mol. The van der Waals surface area contributed by atoms with Crippen LogP contribution in [0, 0.1) is 6.92 Å². The quantitative estimate of drug-likeness (QED) is 0.661. The first-order chi connectivity index (χ1) is 6.33. The third-order valence-corrected chi connectivity index (χ3v) is 2.15. The lowest BCUT2D eigenvalue weighted by atomic mass is 10.1. The van der Waals surface area contributed by atoms with Crippen LogP contribution in [0.4, 0.5) is 0 Å². The van der Waals surface area contributed by atoms with Crippen LogP contribution in [0.25, 0.3) is 10.9 Å². The maximum atomic E-state index is 5.24. The van der Waals surface area contributed by atoms with Crippen LogP contribution < -0.4 is 4.74 Å². The monoisotopic (exact) mass is 173 g/mol. The van der Waals surface area contributed by atoms with Crippen molar-refractivity contribution in [2.75, 3.05) is 7.11 Å². The molecule has 0 spiro atoms. The van der Waals surface area contributed by atoms with Crippen LogP contribution in [0.1, 0.15) is 5.56 Å². The second-order valence-electron chi connectivity index (χ2n) is 2.98. The van der Waals surface area contributed by atoms with Gasteiger partial charge < -0.3 is 4.74 Å². The molecule has 0 unspecified atom stereocenters. The third-order valence-electron chi connectivity index (χ3n) is 2.15. The number of hydrogen-bond donors (Lipinski definition) is 0. The molecule has 0 aliphatic heterocycles. The second kappa shape index (κ2) is 3.05. The summed E-state index contributed by atoms with van der Waals surface area (Å²) in [7, 11) is 1.68. The number of aromatic nitrogens is 1. The lowest BCUT2D eigenvalue weighted by Crippen LogP contribution is -1.88. The topological polar surface area (TPSA) is 22.1 Å². The highest BCUT2D eigenvalue weighted by Crippen LogP contribution is 2.25. The molecule has 1 aromatic heterocycles. The van der Waals surface area contributed by atoms with E-state index in [0.29, 0.717) is 0 Å². The summed E-state index contributed by atoms with van der Waals surface area (Å²) in [6, 6.07) is 7.94. The van der Waals surface area contributed by atoms with Crippen LogP contribution in [0.2, 0.25) is 0 Å². The first-order valence-corrected chi connectivity index (χ1v) is 4.21. The Morgan fingerprint density at radius 3 is 2.85 bits per heavy atom. The molecule has 0 bridgehead atoms. The van der Waals surface area contributed by atoms with Crippen molar-refractivity contribution in [2.45, 2.75) is 6.92 Å². The first kappa shape index (κ1) is 8.05. The summed E-state index contributed by atoms with van der Waals surface area (Å²) in [5.74, 6) is 0.883. The van der Waals surface area contributed by atoms with Gasteiger partial charge in [0.05, 0.1) is 12.6 Å². The molecule has 0 aliphatic carbocycles. The number of fused-ring (bicyclic) bond motifs is 1. The Kier molecular flexibility index (Phi) is 1.89. The van der Waals surface area contributed by atoms with Crippen LogP contribution in [-0.2, 0) is 0 Å². The van der Waals surface area contributed by atoms with Crippen molar-refractivity contribution in [3.8, 4) is 5.75 Å². The smallest absolute Gasteiger partial charge is 0.128 e. The molecule has 0 atom stereocenters. The van der Waals surface area contributed by atoms with Gasteiger partial charge in [0, 0.05) is 11.6 Å². The van der Waals surface area contributed by atoms with E-state index in [1.54, 1.807) is 13.3 Å². The van der Waals surface area contributed by atoms with E-state index in [4.69, 9.17) is 4.74 Å². The average molecular weight is 173 g/mol. The van der Waals surface area contributed by atoms with Gasteiger partial charge in [0.2, 0.25) is 0 Å². The zero-order chi connectivity index (χ0) is 9.26. The number of aryl methyl sites for hydroxylation is 1. The Morgan fingerprint density at radius 2 is 2.08 bits per heavy atom. The van der Waals surface area contributed by atoms with Gasteiger partial charge in [0.1, 0.15) is 5.75 Å². The fraction of sp³-hybridized carbons (Fsp3) is 0.182. The molecule has 66 valence electrons. The molecule has 0 saturated heterocycles. The van der Waals surface area contributed by atoms with Gasteiger partial charge in [-0.3, -0.25) is 4.98 Å². The van der Waals surface area contributed by atoms with Crippen LogP contribution in [0.5, 0.6) is 5.75 Å². The number of hydrogen-bond acceptors (Lipinski definition) is 2. The van der Waals surface area contributed by atoms with E-state index in [-0.39, 0.29) is 0 Å². The molecule has 0 N–H and O–H groups in total. The number of benzene rings is 1. The number of methoxy groups -OCH3 is 1. The highest BCUT2D eigenvalue weighted by atomic mass is 16.5. The van der Waals surface area contributed by atoms with Crippen LogP contribution in [0.15, 0.2) is 30.5 Å². The molecule has 1 heterocycles. The van der Waals surface area contributed by atoms with Crippen molar-refractivity contribution >= 4 is 10.9 Å². The van der Waals surface area contributed by atoms with Gasteiger partial charge >= 0.3 is 0 Å². The third kappa shape index (κ3) is 1.24. The largest absolute Gasteiger partial charge is 0.496 e. The maximum Gasteiger partial charge on any atom is 0.128 e. The number of rotatable bonds is 1. The van der Waals surface area contributed by atoms with Gasteiger partial charge in [0.15, 0.2) is 0 Å². The molecular weight excluding hydrogens is 162 g/mol. The van der Waals surface area contributed by atoms with Gasteiger partial charge in [-0.2, -0.15) is 0 Å². The first-order valence-electron chi connectivity index (χ1n) is 4.21. The molecule has 0 fully saturated rings.